The summed E-state index contributed by atoms with van der Waals surface area (Å²) in [5.41, 5.74) is 3.51. The Morgan fingerprint density at radius 3 is 2.35 bits per heavy atom. The highest BCUT2D eigenvalue weighted by atomic mass is 16.5. The van der Waals surface area contributed by atoms with Crippen molar-refractivity contribution in [3.8, 4) is 17.2 Å². The summed E-state index contributed by atoms with van der Waals surface area (Å²) in [5, 5.41) is 2.92. The van der Waals surface area contributed by atoms with Crippen LogP contribution in [0.4, 0.5) is 5.82 Å². The number of hydrogen-bond acceptors (Lipinski definition) is 7. The standard InChI is InChI=1S/C26H29N3O5/c1-14-8-6-11-21(27-14)29-26(31)22-15(2)28-17-9-7-10-18(30)24(17)23(22)16-12-19(32-3)25(34-5)20(13-16)33-4/h6,8,11-13,22-23H,7,9-10H2,1-5H3,(H,27,29,31)/t22?,23-/m1/s1. The number of ketones is 1. The van der Waals surface area contributed by atoms with Gasteiger partial charge in [0.15, 0.2) is 17.3 Å². The predicted molar refractivity (Wildman–Crippen MR) is 129 cm³/mol. The normalized spacial score (nSPS) is 19.8. The summed E-state index contributed by atoms with van der Waals surface area (Å²) in [5.74, 6) is 0.319. The second-order valence-electron chi connectivity index (χ2n) is 8.46. The SMILES string of the molecule is COc1cc([C@H]2C3=C(CCCC3=O)N=C(C)C2C(=O)Nc2cccc(C)n2)cc(OC)c1OC. The fraction of sp³-hybridized carbons (Fsp3) is 0.385. The highest BCUT2D eigenvalue weighted by molar-refractivity contribution is 6.13. The van der Waals surface area contributed by atoms with Crippen LogP contribution in [0.5, 0.6) is 17.2 Å². The van der Waals surface area contributed by atoms with Gasteiger partial charge in [-0.15, -0.1) is 0 Å². The van der Waals surface area contributed by atoms with Crippen LogP contribution in [0, 0.1) is 12.8 Å². The quantitative estimate of drug-likeness (QED) is 0.688. The molecule has 2 atom stereocenters. The summed E-state index contributed by atoms with van der Waals surface area (Å²) in [7, 11) is 4.62. The number of ether oxygens (including phenoxy) is 3. The molecule has 0 fully saturated rings. The zero-order chi connectivity index (χ0) is 24.4. The van der Waals surface area contributed by atoms with E-state index in [1.165, 1.54) is 7.11 Å². The number of methoxy groups -OCH3 is 3. The van der Waals surface area contributed by atoms with Crippen molar-refractivity contribution in [1.82, 2.24) is 4.98 Å². The number of amides is 1. The number of aromatic nitrogens is 1. The van der Waals surface area contributed by atoms with Crippen molar-refractivity contribution in [2.45, 2.75) is 39.0 Å². The van der Waals surface area contributed by atoms with Gasteiger partial charge in [-0.05, 0) is 56.5 Å². The highest BCUT2D eigenvalue weighted by Gasteiger charge is 2.43. The Kier molecular flexibility index (Phi) is 6.68. The number of aryl methyl sites for hydroxylation is 1. The topological polar surface area (TPSA) is 99.1 Å². The molecule has 34 heavy (non-hydrogen) atoms. The molecule has 4 rings (SSSR count). The number of anilines is 1. The molecular weight excluding hydrogens is 434 g/mol. The fourth-order valence-electron chi connectivity index (χ4n) is 4.80. The van der Waals surface area contributed by atoms with Crippen LogP contribution in [-0.2, 0) is 9.59 Å². The molecule has 8 heteroatoms. The Balaban J connectivity index is 1.86. The molecule has 2 heterocycles. The van der Waals surface area contributed by atoms with Crippen molar-refractivity contribution >= 4 is 23.2 Å². The summed E-state index contributed by atoms with van der Waals surface area (Å²) in [6.07, 6.45) is 1.88. The Morgan fingerprint density at radius 2 is 1.74 bits per heavy atom. The number of carbonyl (C=O) groups excluding carboxylic acids is 2. The lowest BCUT2D eigenvalue weighted by atomic mass is 9.71. The Bertz CT molecular complexity index is 1180. The van der Waals surface area contributed by atoms with Crippen LogP contribution < -0.4 is 19.5 Å². The summed E-state index contributed by atoms with van der Waals surface area (Å²) in [4.78, 5) is 35.9. The molecule has 1 aromatic carbocycles. The van der Waals surface area contributed by atoms with E-state index >= 15 is 0 Å². The van der Waals surface area contributed by atoms with E-state index in [4.69, 9.17) is 19.2 Å². The zero-order valence-electron chi connectivity index (χ0n) is 20.1. The molecule has 1 unspecified atom stereocenters. The van der Waals surface area contributed by atoms with Crippen LogP contribution >= 0.6 is 0 Å². The number of hydrogen-bond donors (Lipinski definition) is 1. The first-order valence-electron chi connectivity index (χ1n) is 11.2. The van der Waals surface area contributed by atoms with Gasteiger partial charge in [0.05, 0.1) is 27.2 Å². The maximum Gasteiger partial charge on any atom is 0.235 e. The maximum absolute atomic E-state index is 13.6. The van der Waals surface area contributed by atoms with Crippen molar-refractivity contribution in [2.75, 3.05) is 26.6 Å². The molecule has 0 spiro atoms. The Hall–Kier alpha value is -3.68. The van der Waals surface area contributed by atoms with E-state index < -0.39 is 11.8 Å². The van der Waals surface area contributed by atoms with E-state index in [1.807, 2.05) is 38.1 Å². The third-order valence-corrected chi connectivity index (χ3v) is 6.30. The molecule has 1 N–H and O–H groups in total. The van der Waals surface area contributed by atoms with Crippen LogP contribution in [0.1, 0.15) is 43.4 Å². The van der Waals surface area contributed by atoms with Crippen molar-refractivity contribution in [2.24, 2.45) is 10.9 Å². The number of benzene rings is 1. The third kappa shape index (κ3) is 4.27. The summed E-state index contributed by atoms with van der Waals surface area (Å²) < 4.78 is 16.6. The molecular formula is C26H29N3O5. The van der Waals surface area contributed by atoms with Crippen LogP contribution in [-0.4, -0.2) is 43.7 Å². The molecule has 0 radical (unpaired) electrons. The van der Waals surface area contributed by atoms with Gasteiger partial charge in [-0.1, -0.05) is 6.07 Å². The number of nitrogens with zero attached hydrogens (tertiary/aromatic N) is 2. The van der Waals surface area contributed by atoms with E-state index in [9.17, 15) is 9.59 Å². The molecule has 8 nitrogen and oxygen atoms in total. The maximum atomic E-state index is 13.6. The first kappa shape index (κ1) is 23.5. The number of aliphatic imine (C=N–C) groups is 1. The van der Waals surface area contributed by atoms with Crippen molar-refractivity contribution in [3.05, 3.63) is 52.9 Å². The van der Waals surface area contributed by atoms with Crippen LogP contribution in [0.25, 0.3) is 0 Å². The van der Waals surface area contributed by atoms with Gasteiger partial charge in [-0.3, -0.25) is 14.6 Å². The minimum atomic E-state index is -0.703. The van der Waals surface area contributed by atoms with Gasteiger partial charge >= 0.3 is 0 Å². The molecule has 2 aliphatic rings. The van der Waals surface area contributed by atoms with Crippen LogP contribution in [0.3, 0.4) is 0 Å². The second-order valence-corrected chi connectivity index (χ2v) is 8.46. The van der Waals surface area contributed by atoms with Crippen molar-refractivity contribution in [1.29, 1.82) is 0 Å². The van der Waals surface area contributed by atoms with Gasteiger partial charge in [0, 0.05) is 35.0 Å². The number of Topliss-reactive ketones (excluding diaryl/α,β-unsaturated/α-hetero) is 1. The van der Waals surface area contributed by atoms with E-state index in [2.05, 4.69) is 10.3 Å². The van der Waals surface area contributed by atoms with E-state index in [1.54, 1.807) is 20.3 Å². The number of allylic oxidation sites excluding steroid dienone is 2. The summed E-state index contributed by atoms with van der Waals surface area (Å²) in [6.45, 7) is 3.70. The zero-order valence-corrected chi connectivity index (χ0v) is 20.1. The number of rotatable bonds is 6. The van der Waals surface area contributed by atoms with Gasteiger partial charge in [0.1, 0.15) is 5.82 Å². The molecule has 0 bridgehead atoms. The minimum Gasteiger partial charge on any atom is -0.493 e. The molecule has 178 valence electrons. The molecule has 0 saturated heterocycles. The van der Waals surface area contributed by atoms with Crippen molar-refractivity contribution < 1.29 is 23.8 Å². The largest absolute Gasteiger partial charge is 0.493 e. The highest BCUT2D eigenvalue weighted by Crippen LogP contribution is 2.47. The smallest absolute Gasteiger partial charge is 0.235 e. The lowest BCUT2D eigenvalue weighted by molar-refractivity contribution is -0.119. The number of carbonyl (C=O) groups is 2. The van der Waals surface area contributed by atoms with E-state index in [0.29, 0.717) is 47.2 Å². The molecule has 2 aromatic rings. The monoisotopic (exact) mass is 463 g/mol. The average Bonchev–Trinajstić information content (AvgIpc) is 2.82. The fourth-order valence-corrected chi connectivity index (χ4v) is 4.80. The lowest BCUT2D eigenvalue weighted by Crippen LogP contribution is -2.39. The lowest BCUT2D eigenvalue weighted by Gasteiger charge is -2.35. The van der Waals surface area contributed by atoms with Crippen LogP contribution in [0.2, 0.25) is 0 Å². The van der Waals surface area contributed by atoms with E-state index in [0.717, 1.165) is 23.4 Å². The Labute approximate surface area is 199 Å². The molecule has 0 saturated carbocycles. The predicted octanol–water partition coefficient (Wildman–Crippen LogP) is 4.24. The van der Waals surface area contributed by atoms with Gasteiger partial charge in [0.2, 0.25) is 11.7 Å². The van der Waals surface area contributed by atoms with Crippen molar-refractivity contribution in [3.63, 3.8) is 0 Å². The number of pyridine rings is 1. The second kappa shape index (κ2) is 9.67. The first-order chi connectivity index (χ1) is 16.4. The average molecular weight is 464 g/mol. The first-order valence-corrected chi connectivity index (χ1v) is 11.2. The summed E-state index contributed by atoms with van der Waals surface area (Å²) >= 11 is 0. The Morgan fingerprint density at radius 1 is 1.03 bits per heavy atom. The number of nitrogens with one attached hydrogen (secondary N) is 1. The van der Waals surface area contributed by atoms with E-state index in [-0.39, 0.29) is 11.7 Å². The third-order valence-electron chi connectivity index (χ3n) is 6.30. The summed E-state index contributed by atoms with van der Waals surface area (Å²) in [6, 6.07) is 9.05. The van der Waals surface area contributed by atoms with Gasteiger partial charge in [0.25, 0.3) is 0 Å². The van der Waals surface area contributed by atoms with Gasteiger partial charge in [-0.25, -0.2) is 4.98 Å². The molecule has 1 aliphatic heterocycles. The van der Waals surface area contributed by atoms with Crippen LogP contribution in [0.15, 0.2) is 46.6 Å². The van der Waals surface area contributed by atoms with Gasteiger partial charge in [-0.2, -0.15) is 0 Å². The molecule has 1 aliphatic carbocycles. The van der Waals surface area contributed by atoms with Gasteiger partial charge < -0.3 is 19.5 Å². The molecule has 1 amide bonds. The molecule has 1 aromatic heterocycles. The minimum absolute atomic E-state index is 0.0164.